The first-order valence-electron chi connectivity index (χ1n) is 9.99. The highest BCUT2D eigenvalue weighted by Gasteiger charge is 2.60. The predicted octanol–water partition coefficient (Wildman–Crippen LogP) is 4.19. The third kappa shape index (κ3) is 2.29. The first-order chi connectivity index (χ1) is 11.7. The molecule has 0 radical (unpaired) electrons. The molecule has 2 heteroatoms. The summed E-state index contributed by atoms with van der Waals surface area (Å²) in [5, 5.41) is 0. The number of hydrogen-bond donors (Lipinski definition) is 0. The molecule has 0 unspecified atom stereocenters. The van der Waals surface area contributed by atoms with Gasteiger partial charge in [-0.05, 0) is 87.3 Å². The molecule has 4 saturated carbocycles. The van der Waals surface area contributed by atoms with Gasteiger partial charge in [0.15, 0.2) is 5.78 Å². The van der Waals surface area contributed by atoms with Crippen LogP contribution >= 0.6 is 0 Å². The molecular formula is C22H29NO. The van der Waals surface area contributed by atoms with Gasteiger partial charge in [-0.25, -0.2) is 0 Å². The summed E-state index contributed by atoms with van der Waals surface area (Å²) in [5.41, 5.74) is 1.81. The van der Waals surface area contributed by atoms with Crippen molar-refractivity contribution in [2.24, 2.45) is 17.3 Å². The second-order valence-corrected chi connectivity index (χ2v) is 9.29. The Balaban J connectivity index is 1.46. The maximum Gasteiger partial charge on any atom is 0.153 e. The van der Waals surface area contributed by atoms with E-state index in [1.165, 1.54) is 50.5 Å². The van der Waals surface area contributed by atoms with Crippen molar-refractivity contribution in [3.63, 3.8) is 0 Å². The number of likely N-dealkylation sites (tertiary alicyclic amines) is 1. The molecule has 0 N–H and O–H groups in total. The molecule has 1 aromatic carbocycles. The van der Waals surface area contributed by atoms with E-state index in [-0.39, 0.29) is 5.41 Å². The minimum Gasteiger partial charge on any atom is -0.298 e. The molecule has 4 bridgehead atoms. The Bertz CT molecular complexity index is 617. The highest BCUT2D eigenvalue weighted by Crippen LogP contribution is 2.66. The molecule has 1 aromatic rings. The Morgan fingerprint density at radius 2 is 1.67 bits per heavy atom. The summed E-state index contributed by atoms with van der Waals surface area (Å²) in [6, 6.07) is 11.1. The molecular weight excluding hydrogens is 294 g/mol. The Labute approximate surface area is 145 Å². The molecule has 5 fully saturated rings. The minimum atomic E-state index is 0.00249. The van der Waals surface area contributed by atoms with Gasteiger partial charge in [0.05, 0.1) is 6.54 Å². The third-order valence-electron chi connectivity index (χ3n) is 7.60. The van der Waals surface area contributed by atoms with Crippen LogP contribution in [0.5, 0.6) is 0 Å². The SMILES string of the molecule is O=C(CN1CCCC1)C12C[C@@H]3C[C@@H](C1)CC(c1ccccc1)(C3)C2. The van der Waals surface area contributed by atoms with Crippen molar-refractivity contribution in [3.05, 3.63) is 35.9 Å². The van der Waals surface area contributed by atoms with Gasteiger partial charge in [-0.15, -0.1) is 0 Å². The summed E-state index contributed by atoms with van der Waals surface area (Å²) in [4.78, 5) is 15.8. The van der Waals surface area contributed by atoms with Gasteiger partial charge in [0.2, 0.25) is 0 Å². The van der Waals surface area contributed by atoms with Crippen LogP contribution in [0.15, 0.2) is 30.3 Å². The van der Waals surface area contributed by atoms with Crippen LogP contribution in [-0.2, 0) is 10.2 Å². The van der Waals surface area contributed by atoms with E-state index in [0.717, 1.165) is 37.9 Å². The molecule has 1 heterocycles. The smallest absolute Gasteiger partial charge is 0.153 e. The van der Waals surface area contributed by atoms with E-state index in [1.54, 1.807) is 0 Å². The second-order valence-electron chi connectivity index (χ2n) is 9.29. The number of ketones is 1. The van der Waals surface area contributed by atoms with Crippen molar-refractivity contribution in [2.45, 2.75) is 56.8 Å². The van der Waals surface area contributed by atoms with Gasteiger partial charge in [0.25, 0.3) is 0 Å². The van der Waals surface area contributed by atoms with Gasteiger partial charge in [-0.1, -0.05) is 30.3 Å². The molecule has 2 atom stereocenters. The lowest BCUT2D eigenvalue weighted by atomic mass is 9.42. The number of rotatable bonds is 4. The van der Waals surface area contributed by atoms with Crippen molar-refractivity contribution < 1.29 is 4.79 Å². The number of Topliss-reactive ketones (excluding diaryl/α,β-unsaturated/α-hetero) is 1. The molecule has 0 amide bonds. The number of benzene rings is 1. The second kappa shape index (κ2) is 5.42. The minimum absolute atomic E-state index is 0.00249. The summed E-state index contributed by atoms with van der Waals surface area (Å²) in [5.74, 6) is 2.15. The van der Waals surface area contributed by atoms with Crippen molar-refractivity contribution in [2.75, 3.05) is 19.6 Å². The van der Waals surface area contributed by atoms with E-state index in [2.05, 4.69) is 35.2 Å². The Kier molecular flexibility index (Phi) is 3.42. The van der Waals surface area contributed by atoms with Crippen molar-refractivity contribution in [1.29, 1.82) is 0 Å². The first-order valence-corrected chi connectivity index (χ1v) is 9.99. The van der Waals surface area contributed by atoms with E-state index >= 15 is 0 Å². The van der Waals surface area contributed by atoms with E-state index in [9.17, 15) is 4.79 Å². The molecule has 0 aromatic heterocycles. The number of carbonyl (C=O) groups excluding carboxylic acids is 1. The molecule has 4 aliphatic carbocycles. The van der Waals surface area contributed by atoms with E-state index in [4.69, 9.17) is 0 Å². The van der Waals surface area contributed by atoms with Crippen LogP contribution in [0.2, 0.25) is 0 Å². The maximum atomic E-state index is 13.4. The zero-order valence-corrected chi connectivity index (χ0v) is 14.7. The van der Waals surface area contributed by atoms with Crippen LogP contribution in [0, 0.1) is 17.3 Å². The fraction of sp³-hybridized carbons (Fsp3) is 0.682. The molecule has 0 spiro atoms. The molecule has 1 saturated heterocycles. The van der Waals surface area contributed by atoms with Crippen LogP contribution in [0.4, 0.5) is 0 Å². The highest BCUT2D eigenvalue weighted by atomic mass is 16.1. The van der Waals surface area contributed by atoms with Gasteiger partial charge in [0.1, 0.15) is 0 Å². The largest absolute Gasteiger partial charge is 0.298 e. The number of hydrogen-bond acceptors (Lipinski definition) is 2. The molecule has 1 aliphatic heterocycles. The topological polar surface area (TPSA) is 20.3 Å². The fourth-order valence-electron chi connectivity index (χ4n) is 7.03. The first kappa shape index (κ1) is 15.1. The third-order valence-corrected chi connectivity index (χ3v) is 7.60. The number of nitrogens with zero attached hydrogens (tertiary/aromatic N) is 1. The van der Waals surface area contributed by atoms with Crippen LogP contribution in [0.3, 0.4) is 0 Å². The summed E-state index contributed by atoms with van der Waals surface area (Å²) in [7, 11) is 0. The molecule has 2 nitrogen and oxygen atoms in total. The lowest BCUT2D eigenvalue weighted by Gasteiger charge is -2.62. The quantitative estimate of drug-likeness (QED) is 0.828. The Morgan fingerprint density at radius 1 is 1.00 bits per heavy atom. The van der Waals surface area contributed by atoms with E-state index in [0.29, 0.717) is 11.2 Å². The van der Waals surface area contributed by atoms with Crippen LogP contribution in [-0.4, -0.2) is 30.3 Å². The lowest BCUT2D eigenvalue weighted by Crippen LogP contribution is -2.58. The van der Waals surface area contributed by atoms with Crippen LogP contribution in [0.25, 0.3) is 0 Å². The normalized spacial score (nSPS) is 41.0. The van der Waals surface area contributed by atoms with Crippen molar-refractivity contribution in [3.8, 4) is 0 Å². The van der Waals surface area contributed by atoms with Crippen molar-refractivity contribution >= 4 is 5.78 Å². The van der Waals surface area contributed by atoms with Gasteiger partial charge >= 0.3 is 0 Å². The monoisotopic (exact) mass is 323 g/mol. The summed E-state index contributed by atoms with van der Waals surface area (Å²) in [6.07, 6.45) is 10.1. The molecule has 6 rings (SSSR count). The van der Waals surface area contributed by atoms with Crippen LogP contribution < -0.4 is 0 Å². The average Bonchev–Trinajstić information content (AvgIpc) is 3.07. The van der Waals surface area contributed by atoms with Gasteiger partial charge in [0, 0.05) is 5.41 Å². The Morgan fingerprint density at radius 3 is 2.33 bits per heavy atom. The van der Waals surface area contributed by atoms with E-state index in [1.807, 2.05) is 0 Å². The zero-order chi connectivity index (χ0) is 16.2. The van der Waals surface area contributed by atoms with E-state index < -0.39 is 0 Å². The fourth-order valence-corrected chi connectivity index (χ4v) is 7.03. The predicted molar refractivity (Wildman–Crippen MR) is 95.9 cm³/mol. The molecule has 5 aliphatic rings. The highest BCUT2D eigenvalue weighted by molar-refractivity contribution is 5.87. The lowest BCUT2D eigenvalue weighted by molar-refractivity contribution is -0.147. The Hall–Kier alpha value is -1.15. The standard InChI is InChI=1S/C22H29NO/c24-20(15-23-8-4-5-9-23)22-13-17-10-18(14-22)12-21(11-17,16-22)19-6-2-1-3-7-19/h1-3,6-7,17-18H,4-5,8-16H2/t17-,18-,21?,22?/m1/s1. The van der Waals surface area contributed by atoms with Gasteiger partial charge in [-0.2, -0.15) is 0 Å². The molecule has 24 heavy (non-hydrogen) atoms. The number of carbonyl (C=O) groups is 1. The van der Waals surface area contributed by atoms with Gasteiger partial charge in [-0.3, -0.25) is 9.69 Å². The van der Waals surface area contributed by atoms with Gasteiger partial charge < -0.3 is 0 Å². The maximum absolute atomic E-state index is 13.4. The average molecular weight is 323 g/mol. The van der Waals surface area contributed by atoms with Crippen molar-refractivity contribution in [1.82, 2.24) is 4.90 Å². The summed E-state index contributed by atoms with van der Waals surface area (Å²) in [6.45, 7) is 3.00. The van der Waals surface area contributed by atoms with Crippen LogP contribution in [0.1, 0.15) is 56.9 Å². The zero-order valence-electron chi connectivity index (χ0n) is 14.7. The summed E-state index contributed by atoms with van der Waals surface area (Å²) < 4.78 is 0. The molecule has 128 valence electrons. The summed E-state index contributed by atoms with van der Waals surface area (Å²) >= 11 is 0.